The number of aliphatic carboxylic acids is 3. The van der Waals surface area contributed by atoms with Crippen LogP contribution in [-0.4, -0.2) is 172 Å². The van der Waals surface area contributed by atoms with Gasteiger partial charge in [0.2, 0.25) is 17.7 Å². The Morgan fingerprint density at radius 3 is 1.39 bits per heavy atom. The van der Waals surface area contributed by atoms with E-state index in [1.807, 2.05) is 0 Å². The van der Waals surface area contributed by atoms with E-state index >= 15 is 0 Å². The molecule has 1 unspecified atom stereocenters. The lowest BCUT2D eigenvalue weighted by atomic mass is 10.3. The Kier molecular flexibility index (Phi) is 12.9. The topological polar surface area (TPSA) is 191 Å². The smallest absolute Gasteiger partial charge is 0.317 e. The molecule has 0 spiro atoms. The fourth-order valence-corrected chi connectivity index (χ4v) is 4.55. The van der Waals surface area contributed by atoms with Gasteiger partial charge in [0.05, 0.1) is 31.4 Å². The number of nitrogens with one attached hydrogen (secondary N) is 1. The fraction of sp³-hybridized carbons (Fsp3) is 0.727. The molecule has 2 aliphatic rings. The maximum absolute atomic E-state index is 12.6. The zero-order chi connectivity index (χ0) is 28.2. The van der Waals surface area contributed by atoms with Crippen molar-refractivity contribution in [3.8, 4) is 0 Å². The second-order valence-electron chi connectivity index (χ2n) is 9.24. The van der Waals surface area contributed by atoms with Gasteiger partial charge < -0.3 is 20.6 Å². The highest BCUT2D eigenvalue weighted by Crippen LogP contribution is 2.16. The summed E-state index contributed by atoms with van der Waals surface area (Å²) in [4.78, 5) is 78.2. The van der Waals surface area contributed by atoms with Gasteiger partial charge in [-0.25, -0.2) is 0 Å². The van der Waals surface area contributed by atoms with Gasteiger partial charge in [0.1, 0.15) is 0 Å². The van der Waals surface area contributed by atoms with Crippen LogP contribution in [0.25, 0.3) is 0 Å². The molecule has 16 heteroatoms. The standard InChI is InChI=1S/C22H36N6O9S/c29-17(23-1-2-28-18(30)11-16(38)22(28)37)12-24-3-5-25(13-19(31)32)7-9-27(15-21(35)36)10-8-26(6-4-24)14-20(33)34/h16,38H,1-15H2,(H,23,29)(H,31,32)(H,33,34)(H,35,36). The number of nitrogens with zero attached hydrogens (tertiary/aromatic N) is 5. The zero-order valence-electron chi connectivity index (χ0n) is 21.2. The molecule has 0 aromatic heterocycles. The molecule has 1 atom stereocenters. The number of hydrogen-bond donors (Lipinski definition) is 5. The molecule has 2 fully saturated rings. The van der Waals surface area contributed by atoms with Crippen molar-refractivity contribution in [3.05, 3.63) is 0 Å². The monoisotopic (exact) mass is 560 g/mol. The molecule has 0 aliphatic carbocycles. The molecule has 0 saturated carbocycles. The van der Waals surface area contributed by atoms with Crippen molar-refractivity contribution in [1.82, 2.24) is 29.8 Å². The number of carbonyl (C=O) groups excluding carboxylic acids is 3. The van der Waals surface area contributed by atoms with Crippen LogP contribution in [0.3, 0.4) is 0 Å². The van der Waals surface area contributed by atoms with Gasteiger partial charge in [0.15, 0.2) is 0 Å². The minimum Gasteiger partial charge on any atom is -0.480 e. The fourth-order valence-electron chi connectivity index (χ4n) is 4.25. The molecule has 214 valence electrons. The van der Waals surface area contributed by atoms with E-state index in [1.54, 1.807) is 19.6 Å². The molecule has 3 amide bonds. The van der Waals surface area contributed by atoms with Crippen molar-refractivity contribution in [1.29, 1.82) is 0 Å². The van der Waals surface area contributed by atoms with Crippen LogP contribution >= 0.6 is 12.6 Å². The van der Waals surface area contributed by atoms with Crippen LogP contribution in [0.5, 0.6) is 0 Å². The van der Waals surface area contributed by atoms with Crippen molar-refractivity contribution in [3.63, 3.8) is 0 Å². The highest BCUT2D eigenvalue weighted by molar-refractivity contribution is 7.81. The molecule has 15 nitrogen and oxygen atoms in total. The number of hydrogen-bond acceptors (Lipinski definition) is 11. The summed E-state index contributed by atoms with van der Waals surface area (Å²) in [5.41, 5.74) is 0. The minimum absolute atomic E-state index is 0.0252. The number of imide groups is 1. The number of likely N-dealkylation sites (tertiary alicyclic amines) is 1. The van der Waals surface area contributed by atoms with Crippen molar-refractivity contribution >= 4 is 48.3 Å². The zero-order valence-corrected chi connectivity index (χ0v) is 22.1. The average molecular weight is 561 g/mol. The Labute approximate surface area is 225 Å². The largest absolute Gasteiger partial charge is 0.480 e. The Bertz CT molecular complexity index is 859. The highest BCUT2D eigenvalue weighted by Gasteiger charge is 2.35. The second-order valence-corrected chi connectivity index (χ2v) is 9.86. The summed E-state index contributed by atoms with van der Waals surface area (Å²) in [7, 11) is 0. The molecule has 0 radical (unpaired) electrons. The van der Waals surface area contributed by atoms with Crippen LogP contribution in [0.15, 0.2) is 0 Å². The first-order valence-electron chi connectivity index (χ1n) is 12.3. The predicted octanol–water partition coefficient (Wildman–Crippen LogP) is -3.36. The summed E-state index contributed by atoms with van der Waals surface area (Å²) in [6.45, 7) is 1.62. The van der Waals surface area contributed by atoms with E-state index in [9.17, 15) is 44.1 Å². The molecular formula is C22H36N6O9S. The van der Waals surface area contributed by atoms with Crippen LogP contribution in [0.1, 0.15) is 6.42 Å². The first-order chi connectivity index (χ1) is 17.9. The second kappa shape index (κ2) is 15.6. The number of carbonyl (C=O) groups is 6. The number of carboxylic acids is 3. The highest BCUT2D eigenvalue weighted by atomic mass is 32.1. The lowest BCUT2D eigenvalue weighted by molar-refractivity contribution is -0.140. The maximum Gasteiger partial charge on any atom is 0.317 e. The third-order valence-electron chi connectivity index (χ3n) is 6.25. The summed E-state index contributed by atoms with van der Waals surface area (Å²) in [6, 6.07) is 0. The molecule has 0 aromatic carbocycles. The van der Waals surface area contributed by atoms with E-state index in [0.29, 0.717) is 26.2 Å². The lowest BCUT2D eigenvalue weighted by Gasteiger charge is -2.32. The van der Waals surface area contributed by atoms with Crippen molar-refractivity contribution < 1.29 is 44.1 Å². The summed E-state index contributed by atoms with van der Waals surface area (Å²) < 4.78 is 0. The van der Waals surface area contributed by atoms with Gasteiger partial charge in [0.25, 0.3) is 0 Å². The lowest BCUT2D eigenvalue weighted by Crippen LogP contribution is -2.50. The van der Waals surface area contributed by atoms with Gasteiger partial charge in [-0.15, -0.1) is 0 Å². The van der Waals surface area contributed by atoms with Crippen LogP contribution in [-0.2, 0) is 28.8 Å². The SMILES string of the molecule is O=C(O)CN1CCN(CC(=O)O)CCN(CC(=O)NCCN2C(=O)CC(S)C2=O)CCN(CC(=O)O)CC1. The number of rotatable bonds is 11. The Morgan fingerprint density at radius 1 is 0.711 bits per heavy atom. The minimum atomic E-state index is -1.03. The molecule has 0 bridgehead atoms. The van der Waals surface area contributed by atoms with Crippen molar-refractivity contribution in [2.75, 3.05) is 91.6 Å². The first kappa shape index (κ1) is 31.4. The number of carboxylic acid groups (broad SMARTS) is 3. The van der Waals surface area contributed by atoms with E-state index in [1.165, 1.54) is 0 Å². The predicted molar refractivity (Wildman–Crippen MR) is 136 cm³/mol. The molecule has 4 N–H and O–H groups in total. The third-order valence-corrected chi connectivity index (χ3v) is 6.65. The van der Waals surface area contributed by atoms with Gasteiger partial charge in [-0.2, -0.15) is 12.6 Å². The number of amides is 3. The first-order valence-corrected chi connectivity index (χ1v) is 12.8. The average Bonchev–Trinajstić information content (AvgIpc) is 3.05. The number of thiol groups is 1. The molecule has 2 saturated heterocycles. The van der Waals surface area contributed by atoms with Crippen molar-refractivity contribution in [2.45, 2.75) is 11.7 Å². The van der Waals surface area contributed by atoms with E-state index in [4.69, 9.17) is 0 Å². The maximum atomic E-state index is 12.6. The van der Waals surface area contributed by atoms with Crippen LogP contribution in [0.4, 0.5) is 0 Å². The summed E-state index contributed by atoms with van der Waals surface area (Å²) in [5.74, 6) is -4.20. The molecule has 38 heavy (non-hydrogen) atoms. The summed E-state index contributed by atoms with van der Waals surface area (Å²) >= 11 is 4.06. The molecular weight excluding hydrogens is 524 g/mol. The summed E-state index contributed by atoms with van der Waals surface area (Å²) in [5, 5.41) is 29.8. The van der Waals surface area contributed by atoms with Crippen LogP contribution in [0, 0.1) is 0 Å². The Balaban J connectivity index is 2.01. The molecule has 2 aliphatic heterocycles. The summed E-state index contributed by atoms with van der Waals surface area (Å²) in [6.07, 6.45) is 0.0252. The Hall–Kier alpha value is -2.79. The van der Waals surface area contributed by atoms with Crippen LogP contribution in [0.2, 0.25) is 0 Å². The van der Waals surface area contributed by atoms with Gasteiger partial charge in [-0.3, -0.25) is 53.3 Å². The third kappa shape index (κ3) is 11.3. The van der Waals surface area contributed by atoms with E-state index < -0.39 is 29.1 Å². The molecule has 0 aromatic rings. The molecule has 2 heterocycles. The normalized spacial score (nSPS) is 21.6. The van der Waals surface area contributed by atoms with E-state index in [0.717, 1.165) is 4.90 Å². The van der Waals surface area contributed by atoms with Crippen molar-refractivity contribution in [2.24, 2.45) is 0 Å². The van der Waals surface area contributed by atoms with Gasteiger partial charge in [-0.05, 0) is 0 Å². The van der Waals surface area contributed by atoms with Gasteiger partial charge in [-0.1, -0.05) is 0 Å². The van der Waals surface area contributed by atoms with Gasteiger partial charge >= 0.3 is 17.9 Å². The van der Waals surface area contributed by atoms with E-state index in [2.05, 4.69) is 17.9 Å². The van der Waals surface area contributed by atoms with Crippen LogP contribution < -0.4 is 5.32 Å². The quantitative estimate of drug-likeness (QED) is 0.124. The van der Waals surface area contributed by atoms with E-state index in [-0.39, 0.29) is 83.7 Å². The Morgan fingerprint density at radius 2 is 1.08 bits per heavy atom. The van der Waals surface area contributed by atoms with Gasteiger partial charge in [0, 0.05) is 71.9 Å². The molecule has 2 rings (SSSR count).